The van der Waals surface area contributed by atoms with Gasteiger partial charge >= 0.3 is 0 Å². The van der Waals surface area contributed by atoms with Crippen LogP contribution in [0.25, 0.3) is 0 Å². The summed E-state index contributed by atoms with van der Waals surface area (Å²) in [4.78, 5) is 4.01. The number of aryl methyl sites for hydroxylation is 1. The summed E-state index contributed by atoms with van der Waals surface area (Å²) in [5.74, 6) is 1.38. The molecule has 0 atom stereocenters. The molecule has 5 nitrogen and oxygen atoms in total. The number of ether oxygens (including phenoxy) is 2. The van der Waals surface area contributed by atoms with Crippen LogP contribution in [0.5, 0.6) is 11.5 Å². The van der Waals surface area contributed by atoms with E-state index >= 15 is 0 Å². The Kier molecular flexibility index (Phi) is 4.08. The Morgan fingerprint density at radius 2 is 2.30 bits per heavy atom. The summed E-state index contributed by atoms with van der Waals surface area (Å²) in [6.45, 7) is 2.91. The molecule has 0 bridgehead atoms. The zero-order valence-electron chi connectivity index (χ0n) is 11.0. The third kappa shape index (κ3) is 3.05. The number of halogens is 1. The van der Waals surface area contributed by atoms with Gasteiger partial charge in [-0.05, 0) is 30.7 Å². The van der Waals surface area contributed by atoms with Crippen molar-refractivity contribution in [1.82, 2.24) is 14.9 Å². The lowest BCUT2D eigenvalue weighted by molar-refractivity contribution is 0.174. The van der Waals surface area contributed by atoms with Crippen LogP contribution in [-0.2, 0) is 13.1 Å². The van der Waals surface area contributed by atoms with E-state index in [0.29, 0.717) is 10.8 Å². The molecule has 20 heavy (non-hydrogen) atoms. The highest BCUT2D eigenvalue weighted by molar-refractivity contribution is 6.32. The zero-order valence-corrected chi connectivity index (χ0v) is 11.8. The molecule has 1 aromatic carbocycles. The summed E-state index contributed by atoms with van der Waals surface area (Å²) in [6.07, 6.45) is 6.64. The number of hydrogen-bond acceptors (Lipinski definition) is 4. The van der Waals surface area contributed by atoms with Crippen molar-refractivity contribution in [2.45, 2.75) is 19.5 Å². The molecule has 2 aromatic rings. The summed E-state index contributed by atoms with van der Waals surface area (Å²) < 4.78 is 12.7. The highest BCUT2D eigenvalue weighted by atomic mass is 35.5. The predicted octanol–water partition coefficient (Wildman–Crippen LogP) is 2.45. The van der Waals surface area contributed by atoms with Gasteiger partial charge in [-0.25, -0.2) is 4.98 Å². The predicted molar refractivity (Wildman–Crippen MR) is 76.1 cm³/mol. The fraction of sp³-hybridized carbons (Fsp3) is 0.357. The van der Waals surface area contributed by atoms with Crippen molar-refractivity contribution in [1.29, 1.82) is 0 Å². The number of hydrogen-bond donors (Lipinski definition) is 1. The Bertz CT molecular complexity index is 572. The summed E-state index contributed by atoms with van der Waals surface area (Å²) in [7, 11) is 0. The van der Waals surface area contributed by atoms with Gasteiger partial charge in [0.1, 0.15) is 0 Å². The zero-order chi connectivity index (χ0) is 13.8. The number of benzene rings is 1. The molecule has 0 unspecified atom stereocenters. The smallest absolute Gasteiger partial charge is 0.231 e. The van der Waals surface area contributed by atoms with Crippen molar-refractivity contribution in [2.24, 2.45) is 0 Å². The minimum absolute atomic E-state index is 0.247. The Balaban J connectivity index is 1.46. The molecule has 0 fully saturated rings. The Morgan fingerprint density at radius 3 is 3.15 bits per heavy atom. The molecular weight excluding hydrogens is 278 g/mol. The van der Waals surface area contributed by atoms with Crippen LogP contribution >= 0.6 is 11.6 Å². The van der Waals surface area contributed by atoms with Crippen LogP contribution < -0.4 is 14.8 Å². The maximum Gasteiger partial charge on any atom is 0.231 e. The molecule has 1 aliphatic heterocycles. The summed E-state index contributed by atoms with van der Waals surface area (Å²) in [5.41, 5.74) is 1.10. The second kappa shape index (κ2) is 6.15. The van der Waals surface area contributed by atoms with Crippen LogP contribution in [-0.4, -0.2) is 22.9 Å². The molecule has 0 spiro atoms. The molecule has 0 saturated heterocycles. The van der Waals surface area contributed by atoms with E-state index < -0.39 is 0 Å². The maximum absolute atomic E-state index is 6.14. The quantitative estimate of drug-likeness (QED) is 0.831. The number of imidazole rings is 1. The summed E-state index contributed by atoms with van der Waals surface area (Å²) >= 11 is 6.14. The molecule has 2 heterocycles. The topological polar surface area (TPSA) is 48.3 Å². The minimum Gasteiger partial charge on any atom is -0.454 e. The molecule has 3 rings (SSSR count). The van der Waals surface area contributed by atoms with Gasteiger partial charge in [0.15, 0.2) is 11.5 Å². The Labute approximate surface area is 122 Å². The molecule has 6 heteroatoms. The minimum atomic E-state index is 0.247. The lowest BCUT2D eigenvalue weighted by Gasteiger charge is -2.07. The second-order valence-electron chi connectivity index (χ2n) is 4.64. The van der Waals surface area contributed by atoms with Crippen LogP contribution in [0.2, 0.25) is 5.02 Å². The van der Waals surface area contributed by atoms with Crippen molar-refractivity contribution in [3.8, 4) is 11.5 Å². The molecule has 0 saturated carbocycles. The van der Waals surface area contributed by atoms with Gasteiger partial charge in [-0.15, -0.1) is 0 Å². The molecule has 106 valence electrons. The van der Waals surface area contributed by atoms with Gasteiger partial charge in [-0.1, -0.05) is 11.6 Å². The van der Waals surface area contributed by atoms with Gasteiger partial charge in [0, 0.05) is 25.5 Å². The normalized spacial score (nSPS) is 12.8. The van der Waals surface area contributed by atoms with Gasteiger partial charge in [-0.2, -0.15) is 0 Å². The number of rotatable bonds is 6. The van der Waals surface area contributed by atoms with Crippen molar-refractivity contribution < 1.29 is 9.47 Å². The summed E-state index contributed by atoms with van der Waals surface area (Å²) in [6, 6.07) is 3.88. The fourth-order valence-electron chi connectivity index (χ4n) is 2.16. The first-order valence-electron chi connectivity index (χ1n) is 6.57. The van der Waals surface area contributed by atoms with E-state index in [4.69, 9.17) is 21.1 Å². The fourth-order valence-corrected chi connectivity index (χ4v) is 2.45. The van der Waals surface area contributed by atoms with Gasteiger partial charge in [-0.3, -0.25) is 0 Å². The van der Waals surface area contributed by atoms with Crippen LogP contribution in [0.15, 0.2) is 30.9 Å². The number of nitrogens with one attached hydrogen (secondary N) is 1. The van der Waals surface area contributed by atoms with Gasteiger partial charge in [0.05, 0.1) is 11.3 Å². The number of nitrogens with zero attached hydrogens (tertiary/aromatic N) is 2. The highest BCUT2D eigenvalue weighted by Gasteiger charge is 2.17. The molecule has 0 amide bonds. The average Bonchev–Trinajstić information content (AvgIpc) is 3.08. The summed E-state index contributed by atoms with van der Waals surface area (Å²) in [5, 5.41) is 4.00. The second-order valence-corrected chi connectivity index (χ2v) is 5.05. The van der Waals surface area contributed by atoms with Crippen molar-refractivity contribution in [3.05, 3.63) is 41.4 Å². The standard InChI is InChI=1S/C14H16ClN3O2/c15-12-6-11(7-13-14(12)20-10-19-13)8-16-2-1-4-18-5-3-17-9-18/h3,5-7,9,16H,1-2,4,8,10H2. The van der Waals surface area contributed by atoms with Gasteiger partial charge in [0.2, 0.25) is 6.79 Å². The first-order valence-corrected chi connectivity index (χ1v) is 6.95. The van der Waals surface area contributed by atoms with E-state index in [-0.39, 0.29) is 6.79 Å². The Morgan fingerprint density at radius 1 is 1.35 bits per heavy atom. The van der Waals surface area contributed by atoms with Crippen molar-refractivity contribution in [2.75, 3.05) is 13.3 Å². The molecule has 1 aromatic heterocycles. The van der Waals surface area contributed by atoms with E-state index in [1.165, 1.54) is 0 Å². The van der Waals surface area contributed by atoms with Gasteiger partial charge < -0.3 is 19.4 Å². The largest absolute Gasteiger partial charge is 0.454 e. The van der Waals surface area contributed by atoms with Gasteiger partial charge in [0.25, 0.3) is 0 Å². The molecule has 1 N–H and O–H groups in total. The number of fused-ring (bicyclic) bond motifs is 1. The van der Waals surface area contributed by atoms with E-state index in [1.807, 2.05) is 24.7 Å². The molecule has 0 aliphatic carbocycles. The van der Waals surface area contributed by atoms with Crippen LogP contribution in [0.3, 0.4) is 0 Å². The van der Waals surface area contributed by atoms with Crippen molar-refractivity contribution >= 4 is 11.6 Å². The first kappa shape index (κ1) is 13.3. The lowest BCUT2D eigenvalue weighted by atomic mass is 10.2. The highest BCUT2D eigenvalue weighted by Crippen LogP contribution is 2.39. The van der Waals surface area contributed by atoms with Crippen LogP contribution in [0, 0.1) is 0 Å². The lowest BCUT2D eigenvalue weighted by Crippen LogP contribution is -2.16. The third-order valence-corrected chi connectivity index (χ3v) is 3.43. The van der Waals surface area contributed by atoms with E-state index in [1.54, 1.807) is 6.20 Å². The first-order chi connectivity index (χ1) is 9.83. The molecular formula is C14H16ClN3O2. The Hall–Kier alpha value is -1.72. The maximum atomic E-state index is 6.14. The van der Waals surface area contributed by atoms with E-state index in [9.17, 15) is 0 Å². The average molecular weight is 294 g/mol. The SMILES string of the molecule is Clc1cc(CNCCCn2ccnc2)cc2c1OCO2. The van der Waals surface area contributed by atoms with E-state index in [2.05, 4.69) is 14.9 Å². The van der Waals surface area contributed by atoms with Crippen molar-refractivity contribution in [3.63, 3.8) is 0 Å². The van der Waals surface area contributed by atoms with E-state index in [0.717, 1.165) is 37.4 Å². The molecule has 1 aliphatic rings. The monoisotopic (exact) mass is 293 g/mol. The third-order valence-electron chi connectivity index (χ3n) is 3.15. The van der Waals surface area contributed by atoms with Crippen LogP contribution in [0.1, 0.15) is 12.0 Å². The molecule has 0 radical (unpaired) electrons. The number of aromatic nitrogens is 2. The van der Waals surface area contributed by atoms with Crippen LogP contribution in [0.4, 0.5) is 0 Å².